The van der Waals surface area contributed by atoms with Crippen LogP contribution in [0.2, 0.25) is 0 Å². The predicted molar refractivity (Wildman–Crippen MR) is 70.9 cm³/mol. The summed E-state index contributed by atoms with van der Waals surface area (Å²) in [6, 6.07) is 0.252. The van der Waals surface area contributed by atoms with Crippen molar-refractivity contribution < 1.29 is 4.79 Å². The largest absolute Gasteiger partial charge is 0.341 e. The molecule has 1 aromatic rings. The lowest BCUT2D eigenvalue weighted by Crippen LogP contribution is -2.36. The van der Waals surface area contributed by atoms with Gasteiger partial charge < -0.3 is 4.90 Å². The highest BCUT2D eigenvalue weighted by Gasteiger charge is 2.31. The number of hydrogen-bond acceptors (Lipinski definition) is 4. The molecule has 1 saturated carbocycles. The van der Waals surface area contributed by atoms with Gasteiger partial charge in [0.25, 0.3) is 5.91 Å². The summed E-state index contributed by atoms with van der Waals surface area (Å²) in [6.07, 6.45) is 3.20. The number of nitrogens with one attached hydrogen (secondary N) is 2. The summed E-state index contributed by atoms with van der Waals surface area (Å²) in [4.78, 5) is 27.1. The van der Waals surface area contributed by atoms with Crippen molar-refractivity contribution in [1.29, 1.82) is 0 Å². The first-order valence-electron chi connectivity index (χ1n) is 6.15. The van der Waals surface area contributed by atoms with Gasteiger partial charge in [-0.1, -0.05) is 6.92 Å². The van der Waals surface area contributed by atoms with Gasteiger partial charge in [-0.2, -0.15) is 11.8 Å². The van der Waals surface area contributed by atoms with Crippen molar-refractivity contribution in [1.82, 2.24) is 20.1 Å². The first-order chi connectivity index (χ1) is 8.61. The van der Waals surface area contributed by atoms with Crippen molar-refractivity contribution in [2.45, 2.75) is 37.5 Å². The molecule has 0 unspecified atom stereocenters. The lowest BCUT2D eigenvalue weighted by atomic mass is 10.2. The van der Waals surface area contributed by atoms with Crippen molar-refractivity contribution in [3.63, 3.8) is 0 Å². The summed E-state index contributed by atoms with van der Waals surface area (Å²) in [5, 5.41) is 6.53. The van der Waals surface area contributed by atoms with Crippen LogP contribution in [-0.4, -0.2) is 50.1 Å². The van der Waals surface area contributed by atoms with Crippen LogP contribution in [0.5, 0.6) is 0 Å². The fourth-order valence-electron chi connectivity index (χ4n) is 2.36. The van der Waals surface area contributed by atoms with Crippen LogP contribution in [0.25, 0.3) is 0 Å². The maximum absolute atomic E-state index is 12.1. The van der Waals surface area contributed by atoms with Crippen molar-refractivity contribution in [3.05, 3.63) is 16.3 Å². The third-order valence-corrected chi connectivity index (χ3v) is 4.56. The van der Waals surface area contributed by atoms with Crippen LogP contribution < -0.4 is 5.69 Å². The van der Waals surface area contributed by atoms with Crippen molar-refractivity contribution in [3.8, 4) is 0 Å². The number of aromatic nitrogens is 3. The van der Waals surface area contributed by atoms with Crippen molar-refractivity contribution in [2.24, 2.45) is 0 Å². The zero-order valence-corrected chi connectivity index (χ0v) is 11.4. The van der Waals surface area contributed by atoms with Gasteiger partial charge in [0.1, 0.15) is 0 Å². The second-order valence-electron chi connectivity index (χ2n) is 4.49. The van der Waals surface area contributed by atoms with E-state index < -0.39 is 5.69 Å². The normalized spacial score (nSPS) is 23.2. The van der Waals surface area contributed by atoms with Gasteiger partial charge in [-0.3, -0.25) is 9.78 Å². The third kappa shape index (κ3) is 2.77. The molecular weight excluding hydrogens is 252 g/mol. The van der Waals surface area contributed by atoms with Gasteiger partial charge in [0, 0.05) is 18.3 Å². The third-order valence-electron chi connectivity index (χ3n) is 3.33. The molecule has 2 atom stereocenters. The van der Waals surface area contributed by atoms with Crippen LogP contribution in [0.4, 0.5) is 0 Å². The molecule has 0 aromatic carbocycles. The Bertz CT molecular complexity index is 470. The van der Waals surface area contributed by atoms with Gasteiger partial charge in [0.05, 0.1) is 0 Å². The summed E-state index contributed by atoms with van der Waals surface area (Å²) in [5.41, 5.74) is -0.447. The van der Waals surface area contributed by atoms with Gasteiger partial charge in [-0.05, 0) is 25.0 Å². The summed E-state index contributed by atoms with van der Waals surface area (Å²) in [6.45, 7) is 2.15. The number of carbonyl (C=O) groups is 1. The highest BCUT2D eigenvalue weighted by molar-refractivity contribution is 7.99. The fourth-order valence-corrected chi connectivity index (χ4v) is 3.49. The quantitative estimate of drug-likeness (QED) is 0.849. The molecule has 6 nitrogen and oxygen atoms in total. The molecule has 100 valence electrons. The van der Waals surface area contributed by atoms with Gasteiger partial charge in [-0.25, -0.2) is 9.89 Å². The highest BCUT2D eigenvalue weighted by atomic mass is 32.2. The Morgan fingerprint density at radius 2 is 2.33 bits per heavy atom. The van der Waals surface area contributed by atoms with Gasteiger partial charge in [-0.15, -0.1) is 5.10 Å². The molecule has 0 radical (unpaired) electrons. The maximum Gasteiger partial charge on any atom is 0.341 e. The molecule has 0 bridgehead atoms. The number of aromatic amines is 2. The second kappa shape index (κ2) is 5.60. The smallest absolute Gasteiger partial charge is 0.336 e. The second-order valence-corrected chi connectivity index (χ2v) is 6.06. The summed E-state index contributed by atoms with van der Waals surface area (Å²) in [7, 11) is 1.78. The van der Waals surface area contributed by atoms with Gasteiger partial charge in [0.2, 0.25) is 5.82 Å². The molecule has 0 spiro atoms. The van der Waals surface area contributed by atoms with Gasteiger partial charge in [0.15, 0.2) is 0 Å². The number of rotatable bonds is 4. The Morgan fingerprint density at radius 3 is 2.94 bits per heavy atom. The molecule has 1 amide bonds. The Balaban J connectivity index is 1.97. The van der Waals surface area contributed by atoms with E-state index in [4.69, 9.17) is 0 Å². The molecule has 2 rings (SSSR count). The van der Waals surface area contributed by atoms with Crippen LogP contribution >= 0.6 is 11.8 Å². The van der Waals surface area contributed by atoms with E-state index in [9.17, 15) is 9.59 Å². The highest BCUT2D eigenvalue weighted by Crippen LogP contribution is 2.32. The minimum atomic E-state index is -0.447. The molecule has 1 heterocycles. The van der Waals surface area contributed by atoms with Crippen molar-refractivity contribution in [2.75, 3.05) is 12.8 Å². The van der Waals surface area contributed by atoms with Crippen LogP contribution in [0.15, 0.2) is 4.79 Å². The summed E-state index contributed by atoms with van der Waals surface area (Å²) < 4.78 is 0. The summed E-state index contributed by atoms with van der Waals surface area (Å²) in [5.74, 6) is 0.983. The molecule has 0 aliphatic heterocycles. The molecular formula is C11H18N4O2S. The first-order valence-corrected chi connectivity index (χ1v) is 7.20. The van der Waals surface area contributed by atoms with Crippen LogP contribution in [0.3, 0.4) is 0 Å². The number of thioether (sulfide) groups is 1. The molecule has 18 heavy (non-hydrogen) atoms. The Hall–Kier alpha value is -1.24. The Labute approximate surface area is 110 Å². The number of H-pyrrole nitrogens is 2. The number of hydrogen-bond donors (Lipinski definition) is 2. The minimum absolute atomic E-state index is 0.0918. The zero-order chi connectivity index (χ0) is 13.1. The maximum atomic E-state index is 12.1. The monoisotopic (exact) mass is 270 g/mol. The topological polar surface area (TPSA) is 81.8 Å². The van der Waals surface area contributed by atoms with E-state index in [1.54, 1.807) is 11.9 Å². The van der Waals surface area contributed by atoms with E-state index in [0.29, 0.717) is 5.25 Å². The summed E-state index contributed by atoms with van der Waals surface area (Å²) >= 11 is 1.95. The molecule has 2 N–H and O–H groups in total. The van der Waals surface area contributed by atoms with E-state index in [0.717, 1.165) is 25.0 Å². The molecule has 0 saturated heterocycles. The molecule has 1 aliphatic rings. The molecule has 1 fully saturated rings. The van der Waals surface area contributed by atoms with E-state index in [1.807, 2.05) is 11.8 Å². The lowest BCUT2D eigenvalue weighted by molar-refractivity contribution is 0.0723. The molecule has 1 aromatic heterocycles. The zero-order valence-electron chi connectivity index (χ0n) is 10.6. The van der Waals surface area contributed by atoms with Gasteiger partial charge >= 0.3 is 5.69 Å². The Morgan fingerprint density at radius 1 is 1.56 bits per heavy atom. The van der Waals surface area contributed by atoms with Crippen molar-refractivity contribution >= 4 is 17.7 Å². The van der Waals surface area contributed by atoms with E-state index in [1.165, 1.54) is 0 Å². The number of nitrogens with zero attached hydrogens (tertiary/aromatic N) is 2. The van der Waals surface area contributed by atoms with E-state index in [-0.39, 0.29) is 17.8 Å². The standard InChI is InChI=1S/C11H18N4O2S/c1-3-18-8-5-4-7(6-8)15(2)10(16)9-12-11(17)14-13-9/h7-8H,3-6H2,1-2H3,(H2,12,13,14,17)/t7-,8-/m0/s1. The van der Waals surface area contributed by atoms with E-state index in [2.05, 4.69) is 22.1 Å². The number of carbonyl (C=O) groups excluding carboxylic acids is 1. The lowest BCUT2D eigenvalue weighted by Gasteiger charge is -2.23. The minimum Gasteiger partial charge on any atom is -0.336 e. The molecule has 1 aliphatic carbocycles. The SMILES string of the molecule is CCS[C@H]1CC[C@H](N(C)C(=O)c2n[nH]c(=O)[nH]2)C1. The molecule has 7 heteroatoms. The first kappa shape index (κ1) is 13.2. The average Bonchev–Trinajstić information content (AvgIpc) is 2.97. The van der Waals surface area contributed by atoms with Crippen LogP contribution in [0, 0.1) is 0 Å². The average molecular weight is 270 g/mol. The predicted octanol–water partition coefficient (Wildman–Crippen LogP) is 0.844. The fraction of sp³-hybridized carbons (Fsp3) is 0.727. The Kier molecular flexibility index (Phi) is 4.11. The van der Waals surface area contributed by atoms with E-state index >= 15 is 0 Å². The number of amides is 1. The van der Waals surface area contributed by atoms with Crippen LogP contribution in [0.1, 0.15) is 36.8 Å². The van der Waals surface area contributed by atoms with Crippen LogP contribution in [-0.2, 0) is 0 Å².